The molecule has 6 heteroatoms. The van der Waals surface area contributed by atoms with E-state index in [1.165, 1.54) is 0 Å². The van der Waals surface area contributed by atoms with Crippen molar-refractivity contribution in [3.63, 3.8) is 0 Å². The highest BCUT2D eigenvalue weighted by atomic mass is 16.5. The Balaban J connectivity index is 1.70. The van der Waals surface area contributed by atoms with E-state index in [4.69, 9.17) is 4.74 Å². The minimum atomic E-state index is -0.0123. The van der Waals surface area contributed by atoms with Crippen LogP contribution in [0.1, 0.15) is 34.9 Å². The van der Waals surface area contributed by atoms with Crippen LogP contribution in [0.15, 0.2) is 43.0 Å². The van der Waals surface area contributed by atoms with Gasteiger partial charge in [-0.25, -0.2) is 0 Å². The Kier molecular flexibility index (Phi) is 3.65. The monoisotopic (exact) mass is 322 g/mol. The third-order valence-corrected chi connectivity index (χ3v) is 4.56. The molecule has 1 aliphatic rings. The van der Waals surface area contributed by atoms with E-state index in [1.807, 2.05) is 23.1 Å². The van der Waals surface area contributed by atoms with Gasteiger partial charge in [0.15, 0.2) is 0 Å². The summed E-state index contributed by atoms with van der Waals surface area (Å²) in [5, 5.41) is 0.879. The van der Waals surface area contributed by atoms with Crippen molar-refractivity contribution in [3.05, 3.63) is 54.2 Å². The molecule has 3 aromatic rings. The minimum Gasteiger partial charge on any atom is -0.497 e. The highest BCUT2D eigenvalue weighted by molar-refractivity contribution is 6.07. The predicted molar refractivity (Wildman–Crippen MR) is 89.9 cm³/mol. The van der Waals surface area contributed by atoms with Gasteiger partial charge in [0.05, 0.1) is 30.6 Å². The van der Waals surface area contributed by atoms with Gasteiger partial charge in [0.1, 0.15) is 5.75 Å². The van der Waals surface area contributed by atoms with Crippen LogP contribution < -0.4 is 4.74 Å². The average molecular weight is 322 g/mol. The molecule has 1 saturated heterocycles. The van der Waals surface area contributed by atoms with E-state index in [9.17, 15) is 4.79 Å². The molecule has 1 amide bonds. The molecule has 1 aliphatic heterocycles. The largest absolute Gasteiger partial charge is 0.497 e. The number of amides is 1. The molecule has 122 valence electrons. The molecule has 1 fully saturated rings. The summed E-state index contributed by atoms with van der Waals surface area (Å²) < 4.78 is 5.29. The zero-order valence-electron chi connectivity index (χ0n) is 13.4. The number of nitrogens with zero attached hydrogens (tertiary/aromatic N) is 3. The maximum absolute atomic E-state index is 13.1. The Morgan fingerprint density at radius 2 is 2.29 bits per heavy atom. The van der Waals surface area contributed by atoms with Gasteiger partial charge in [-0.15, -0.1) is 0 Å². The van der Waals surface area contributed by atoms with Crippen molar-refractivity contribution in [3.8, 4) is 5.75 Å². The topological polar surface area (TPSA) is 71.1 Å². The number of H-pyrrole nitrogens is 1. The smallest absolute Gasteiger partial charge is 0.256 e. The number of fused-ring (bicyclic) bond motifs is 1. The summed E-state index contributed by atoms with van der Waals surface area (Å²) >= 11 is 0. The van der Waals surface area contributed by atoms with E-state index < -0.39 is 0 Å². The zero-order chi connectivity index (χ0) is 16.5. The molecular formula is C18H18N4O2. The zero-order valence-corrected chi connectivity index (χ0v) is 13.4. The maximum Gasteiger partial charge on any atom is 0.256 e. The van der Waals surface area contributed by atoms with E-state index >= 15 is 0 Å². The number of aromatic nitrogens is 3. The Morgan fingerprint density at radius 3 is 3.08 bits per heavy atom. The van der Waals surface area contributed by atoms with Crippen molar-refractivity contribution in [2.45, 2.75) is 18.9 Å². The first kappa shape index (κ1) is 14.7. The van der Waals surface area contributed by atoms with Crippen molar-refractivity contribution >= 4 is 16.8 Å². The third-order valence-electron chi connectivity index (χ3n) is 4.56. The van der Waals surface area contributed by atoms with Gasteiger partial charge in [0.25, 0.3) is 5.91 Å². The second kappa shape index (κ2) is 5.96. The van der Waals surface area contributed by atoms with Gasteiger partial charge >= 0.3 is 0 Å². The highest BCUT2D eigenvalue weighted by Gasteiger charge is 2.32. The molecule has 1 unspecified atom stereocenters. The Hall–Kier alpha value is -2.89. The Labute approximate surface area is 139 Å². The fourth-order valence-electron chi connectivity index (χ4n) is 3.36. The molecule has 24 heavy (non-hydrogen) atoms. The first-order valence-electron chi connectivity index (χ1n) is 8.00. The van der Waals surface area contributed by atoms with Gasteiger partial charge in [-0.3, -0.25) is 14.8 Å². The number of rotatable bonds is 3. The normalized spacial score (nSPS) is 17.4. The molecule has 4 rings (SSSR count). The van der Waals surface area contributed by atoms with Crippen LogP contribution in [0.25, 0.3) is 10.9 Å². The molecule has 0 radical (unpaired) electrons. The molecule has 0 saturated carbocycles. The number of likely N-dealkylation sites (tertiary alicyclic amines) is 1. The standard InChI is InChI=1S/C18H18N4O2/c1-24-12-4-5-15-13(9-12)14(10-21-15)18(23)22-8-2-3-17(22)16-11-19-6-7-20-16/h4-7,9-11,17,21H,2-3,8H2,1H3. The Morgan fingerprint density at radius 1 is 1.38 bits per heavy atom. The lowest BCUT2D eigenvalue weighted by molar-refractivity contribution is 0.0734. The summed E-state index contributed by atoms with van der Waals surface area (Å²) in [5.41, 5.74) is 2.44. The van der Waals surface area contributed by atoms with Crippen LogP contribution in [0, 0.1) is 0 Å². The number of aromatic amines is 1. The van der Waals surface area contributed by atoms with Crippen LogP contribution in [0.5, 0.6) is 5.75 Å². The van der Waals surface area contributed by atoms with Crippen LogP contribution in [-0.4, -0.2) is 39.4 Å². The van der Waals surface area contributed by atoms with E-state index in [0.717, 1.165) is 41.7 Å². The molecule has 1 aromatic carbocycles. The number of hydrogen-bond acceptors (Lipinski definition) is 4. The van der Waals surface area contributed by atoms with Crippen LogP contribution in [-0.2, 0) is 0 Å². The average Bonchev–Trinajstić information content (AvgIpc) is 3.28. The van der Waals surface area contributed by atoms with Crippen LogP contribution in [0.4, 0.5) is 0 Å². The lowest BCUT2D eigenvalue weighted by atomic mass is 10.1. The summed E-state index contributed by atoms with van der Waals surface area (Å²) in [6, 6.07) is 5.69. The number of hydrogen-bond donors (Lipinski definition) is 1. The van der Waals surface area contributed by atoms with Crippen molar-refractivity contribution in [2.24, 2.45) is 0 Å². The SMILES string of the molecule is COc1ccc2[nH]cc(C(=O)N3CCCC3c3cnccn3)c2c1. The molecule has 1 atom stereocenters. The maximum atomic E-state index is 13.1. The van der Waals surface area contributed by atoms with Crippen LogP contribution >= 0.6 is 0 Å². The quantitative estimate of drug-likeness (QED) is 0.805. The second-order valence-electron chi connectivity index (χ2n) is 5.90. The van der Waals surface area contributed by atoms with Gasteiger partial charge in [0, 0.05) is 36.0 Å². The van der Waals surface area contributed by atoms with E-state index in [1.54, 1.807) is 31.9 Å². The van der Waals surface area contributed by atoms with Crippen molar-refractivity contribution in [1.29, 1.82) is 0 Å². The van der Waals surface area contributed by atoms with Crippen molar-refractivity contribution in [1.82, 2.24) is 19.9 Å². The molecule has 1 N–H and O–H groups in total. The summed E-state index contributed by atoms with van der Waals surface area (Å²) in [6.45, 7) is 0.733. The summed E-state index contributed by atoms with van der Waals surface area (Å²) in [7, 11) is 1.62. The van der Waals surface area contributed by atoms with E-state index in [0.29, 0.717) is 5.56 Å². The van der Waals surface area contributed by atoms with Gasteiger partial charge < -0.3 is 14.6 Å². The number of carbonyl (C=O) groups is 1. The lowest BCUT2D eigenvalue weighted by Gasteiger charge is -2.23. The number of ether oxygens (including phenoxy) is 1. The Bertz CT molecular complexity index is 875. The van der Waals surface area contributed by atoms with Crippen LogP contribution in [0.2, 0.25) is 0 Å². The molecule has 3 heterocycles. The summed E-state index contributed by atoms with van der Waals surface area (Å²) in [6.07, 6.45) is 8.73. The third kappa shape index (κ3) is 2.40. The van der Waals surface area contributed by atoms with E-state index in [-0.39, 0.29) is 11.9 Å². The second-order valence-corrected chi connectivity index (χ2v) is 5.90. The molecule has 0 aliphatic carbocycles. The highest BCUT2D eigenvalue weighted by Crippen LogP contribution is 2.33. The van der Waals surface area contributed by atoms with Crippen LogP contribution in [0.3, 0.4) is 0 Å². The molecule has 0 spiro atoms. The number of nitrogens with one attached hydrogen (secondary N) is 1. The van der Waals surface area contributed by atoms with Gasteiger partial charge in [-0.2, -0.15) is 0 Å². The fourth-order valence-corrected chi connectivity index (χ4v) is 3.36. The van der Waals surface area contributed by atoms with Crippen molar-refractivity contribution < 1.29 is 9.53 Å². The van der Waals surface area contributed by atoms with Gasteiger partial charge in [-0.05, 0) is 31.0 Å². The minimum absolute atomic E-state index is 0.0123. The lowest BCUT2D eigenvalue weighted by Crippen LogP contribution is -2.30. The summed E-state index contributed by atoms with van der Waals surface area (Å²) in [5.74, 6) is 0.755. The van der Waals surface area contributed by atoms with E-state index in [2.05, 4.69) is 15.0 Å². The fraction of sp³-hybridized carbons (Fsp3) is 0.278. The number of methoxy groups -OCH3 is 1. The molecular weight excluding hydrogens is 304 g/mol. The first-order valence-corrected chi connectivity index (χ1v) is 8.00. The number of carbonyl (C=O) groups excluding carboxylic acids is 1. The first-order chi connectivity index (χ1) is 11.8. The molecule has 0 bridgehead atoms. The van der Waals surface area contributed by atoms with Gasteiger partial charge in [0.2, 0.25) is 0 Å². The molecule has 2 aromatic heterocycles. The van der Waals surface area contributed by atoms with Crippen molar-refractivity contribution in [2.75, 3.05) is 13.7 Å². The molecule has 6 nitrogen and oxygen atoms in total. The summed E-state index contributed by atoms with van der Waals surface area (Å²) in [4.78, 5) is 26.7. The number of benzene rings is 1. The predicted octanol–water partition coefficient (Wildman–Crippen LogP) is 2.94. The van der Waals surface area contributed by atoms with Gasteiger partial charge in [-0.1, -0.05) is 0 Å².